The number of rotatable bonds is 5. The largest absolute Gasteiger partial charge is 0.493 e. The average Bonchev–Trinajstić information content (AvgIpc) is 2.48. The fourth-order valence-electron chi connectivity index (χ4n) is 3.19. The summed E-state index contributed by atoms with van der Waals surface area (Å²) in [5, 5.41) is 9.94. The first-order valence-electron chi connectivity index (χ1n) is 7.69. The van der Waals surface area contributed by atoms with Crippen molar-refractivity contribution in [1.29, 1.82) is 0 Å². The molecule has 2 rings (SSSR count). The molecule has 4 nitrogen and oxygen atoms in total. The highest BCUT2D eigenvalue weighted by Crippen LogP contribution is 2.48. The van der Waals surface area contributed by atoms with Crippen LogP contribution in [0, 0.1) is 0 Å². The number of ether oxygens (including phenoxy) is 2. The van der Waals surface area contributed by atoms with Gasteiger partial charge in [-0.15, -0.1) is 0 Å². The van der Waals surface area contributed by atoms with Crippen molar-refractivity contribution in [1.82, 2.24) is 0 Å². The van der Waals surface area contributed by atoms with Crippen LogP contribution in [0.1, 0.15) is 51.5 Å². The molecule has 122 valence electrons. The molecule has 22 heavy (non-hydrogen) atoms. The van der Waals surface area contributed by atoms with Crippen LogP contribution in [-0.4, -0.2) is 24.3 Å². The Morgan fingerprint density at radius 2 is 1.91 bits per heavy atom. The van der Waals surface area contributed by atoms with Gasteiger partial charge in [0.1, 0.15) is 0 Å². The van der Waals surface area contributed by atoms with E-state index in [1.54, 1.807) is 7.11 Å². The minimum absolute atomic E-state index is 0.0525. The zero-order chi connectivity index (χ0) is 16.3. The van der Waals surface area contributed by atoms with E-state index in [-0.39, 0.29) is 6.10 Å². The van der Waals surface area contributed by atoms with Crippen molar-refractivity contribution in [3.05, 3.63) is 22.2 Å². The van der Waals surface area contributed by atoms with Crippen molar-refractivity contribution in [2.45, 2.75) is 57.5 Å². The van der Waals surface area contributed by atoms with Gasteiger partial charge in [0.2, 0.25) is 0 Å². The molecule has 1 aromatic rings. The third kappa shape index (κ3) is 3.24. The van der Waals surface area contributed by atoms with E-state index < -0.39 is 11.4 Å². The fourth-order valence-corrected chi connectivity index (χ4v) is 3.62. The highest BCUT2D eigenvalue weighted by molar-refractivity contribution is 9.10. The molecule has 0 atom stereocenters. The molecule has 1 fully saturated rings. The Labute approximate surface area is 139 Å². The number of benzene rings is 1. The van der Waals surface area contributed by atoms with Crippen LogP contribution in [0.25, 0.3) is 0 Å². The zero-order valence-electron chi connectivity index (χ0n) is 13.3. The predicted molar refractivity (Wildman–Crippen MR) is 88.9 cm³/mol. The molecular weight excluding hydrogens is 348 g/mol. The lowest BCUT2D eigenvalue weighted by Gasteiger charge is -2.35. The van der Waals surface area contributed by atoms with E-state index in [0.717, 1.165) is 29.3 Å². The second-order valence-corrected chi connectivity index (χ2v) is 7.01. The molecule has 0 aliphatic heterocycles. The first kappa shape index (κ1) is 17.1. The van der Waals surface area contributed by atoms with Gasteiger partial charge in [-0.1, -0.05) is 35.2 Å². The minimum atomic E-state index is -0.889. The maximum Gasteiger partial charge on any atom is 0.314 e. The molecule has 0 bridgehead atoms. The number of carbonyl (C=O) groups is 1. The predicted octanol–water partition coefficient (Wildman–Crippen LogP) is 4.53. The smallest absolute Gasteiger partial charge is 0.314 e. The second-order valence-electron chi connectivity index (χ2n) is 6.10. The summed E-state index contributed by atoms with van der Waals surface area (Å²) < 4.78 is 12.2. The monoisotopic (exact) mass is 370 g/mol. The summed E-state index contributed by atoms with van der Waals surface area (Å²) in [6, 6.07) is 3.69. The summed E-state index contributed by atoms with van der Waals surface area (Å²) in [5.74, 6) is 0.357. The van der Waals surface area contributed by atoms with Gasteiger partial charge in [-0.25, -0.2) is 0 Å². The van der Waals surface area contributed by atoms with Gasteiger partial charge >= 0.3 is 5.97 Å². The molecule has 0 amide bonds. The van der Waals surface area contributed by atoms with Crippen molar-refractivity contribution >= 4 is 21.9 Å². The Morgan fingerprint density at radius 1 is 1.27 bits per heavy atom. The third-order valence-corrected chi connectivity index (χ3v) is 4.68. The van der Waals surface area contributed by atoms with Gasteiger partial charge in [-0.3, -0.25) is 4.79 Å². The van der Waals surface area contributed by atoms with E-state index in [9.17, 15) is 9.90 Å². The van der Waals surface area contributed by atoms with E-state index in [0.29, 0.717) is 24.3 Å². The van der Waals surface area contributed by atoms with Crippen molar-refractivity contribution in [3.63, 3.8) is 0 Å². The SMILES string of the molecule is COc1cc(Br)cc(C2(C(=O)O)CCCCC2)c1OC(C)C. The van der Waals surface area contributed by atoms with Gasteiger partial charge in [-0.05, 0) is 38.8 Å². The summed E-state index contributed by atoms with van der Waals surface area (Å²) in [7, 11) is 1.58. The zero-order valence-corrected chi connectivity index (χ0v) is 14.9. The van der Waals surface area contributed by atoms with Crippen LogP contribution in [0.3, 0.4) is 0 Å². The molecule has 1 saturated carbocycles. The van der Waals surface area contributed by atoms with Gasteiger partial charge < -0.3 is 14.6 Å². The number of hydrogen-bond acceptors (Lipinski definition) is 3. The van der Waals surface area contributed by atoms with Crippen LogP contribution in [-0.2, 0) is 10.2 Å². The third-order valence-electron chi connectivity index (χ3n) is 4.23. The highest BCUT2D eigenvalue weighted by Gasteiger charge is 2.44. The molecule has 0 unspecified atom stereocenters. The molecule has 5 heteroatoms. The van der Waals surface area contributed by atoms with Crippen molar-refractivity contribution in [2.75, 3.05) is 7.11 Å². The Morgan fingerprint density at radius 3 is 2.41 bits per heavy atom. The maximum atomic E-state index is 12.1. The molecule has 1 aliphatic rings. The second kappa shape index (κ2) is 6.90. The standard InChI is InChI=1S/C17H23BrO4/c1-11(2)22-15-13(9-12(18)10-14(15)21-3)17(16(19)20)7-5-4-6-8-17/h9-11H,4-8H2,1-3H3,(H,19,20). The minimum Gasteiger partial charge on any atom is -0.493 e. The molecular formula is C17H23BrO4. The highest BCUT2D eigenvalue weighted by atomic mass is 79.9. The lowest BCUT2D eigenvalue weighted by molar-refractivity contribution is -0.145. The van der Waals surface area contributed by atoms with Gasteiger partial charge in [0.15, 0.2) is 11.5 Å². The summed E-state index contributed by atoms with van der Waals surface area (Å²) in [4.78, 5) is 12.1. The molecule has 1 N–H and O–H groups in total. The fraction of sp³-hybridized carbons (Fsp3) is 0.588. The molecule has 1 aliphatic carbocycles. The van der Waals surface area contributed by atoms with Crippen molar-refractivity contribution < 1.29 is 19.4 Å². The Bertz CT molecular complexity index is 548. The maximum absolute atomic E-state index is 12.1. The van der Waals surface area contributed by atoms with Gasteiger partial charge in [-0.2, -0.15) is 0 Å². The average molecular weight is 371 g/mol. The Kier molecular flexibility index (Phi) is 5.37. The number of methoxy groups -OCH3 is 1. The van der Waals surface area contributed by atoms with Crippen LogP contribution < -0.4 is 9.47 Å². The summed E-state index contributed by atoms with van der Waals surface area (Å²) in [6.07, 6.45) is 4.14. The van der Waals surface area contributed by atoms with E-state index in [4.69, 9.17) is 9.47 Å². The van der Waals surface area contributed by atoms with Crippen LogP contribution >= 0.6 is 15.9 Å². The number of aliphatic carboxylic acids is 1. The van der Waals surface area contributed by atoms with Gasteiger partial charge in [0, 0.05) is 10.0 Å². The summed E-state index contributed by atoms with van der Waals surface area (Å²) >= 11 is 3.47. The van der Waals surface area contributed by atoms with Crippen molar-refractivity contribution in [2.24, 2.45) is 0 Å². The van der Waals surface area contributed by atoms with E-state index >= 15 is 0 Å². The number of halogens is 1. The topological polar surface area (TPSA) is 55.8 Å². The van der Waals surface area contributed by atoms with Gasteiger partial charge in [0.25, 0.3) is 0 Å². The molecule has 0 heterocycles. The lowest BCUT2D eigenvalue weighted by atomic mass is 9.69. The Hall–Kier alpha value is -1.23. The van der Waals surface area contributed by atoms with E-state index in [2.05, 4.69) is 15.9 Å². The molecule has 1 aromatic carbocycles. The first-order chi connectivity index (χ1) is 10.4. The summed E-state index contributed by atoms with van der Waals surface area (Å²) in [6.45, 7) is 3.86. The molecule has 0 spiro atoms. The normalized spacial score (nSPS) is 17.3. The Balaban J connectivity index is 2.64. The van der Waals surface area contributed by atoms with Crippen LogP contribution in [0.2, 0.25) is 0 Å². The lowest BCUT2D eigenvalue weighted by Crippen LogP contribution is -2.38. The van der Waals surface area contributed by atoms with E-state index in [1.807, 2.05) is 26.0 Å². The number of hydrogen-bond donors (Lipinski definition) is 1. The van der Waals surface area contributed by atoms with Crippen LogP contribution in [0.15, 0.2) is 16.6 Å². The summed E-state index contributed by atoms with van der Waals surface area (Å²) in [5.41, 5.74) is -0.167. The quantitative estimate of drug-likeness (QED) is 0.826. The number of carboxylic acid groups (broad SMARTS) is 1. The first-order valence-corrected chi connectivity index (χ1v) is 8.48. The van der Waals surface area contributed by atoms with Gasteiger partial charge in [0.05, 0.1) is 18.6 Å². The molecule has 0 aromatic heterocycles. The van der Waals surface area contributed by atoms with Crippen molar-refractivity contribution in [3.8, 4) is 11.5 Å². The van der Waals surface area contributed by atoms with Crippen LogP contribution in [0.4, 0.5) is 0 Å². The molecule has 0 saturated heterocycles. The molecule has 0 radical (unpaired) electrons. The number of carboxylic acids is 1. The van der Waals surface area contributed by atoms with Crippen LogP contribution in [0.5, 0.6) is 11.5 Å². The van der Waals surface area contributed by atoms with E-state index in [1.165, 1.54) is 0 Å².